The number of carbonyl (C=O) groups excluding carboxylic acids is 1. The second kappa shape index (κ2) is 8.00. The summed E-state index contributed by atoms with van der Waals surface area (Å²) >= 11 is 0. The minimum absolute atomic E-state index is 0.0297. The second-order valence-corrected chi connectivity index (χ2v) is 10.7. The van der Waals surface area contributed by atoms with Crippen LogP contribution < -0.4 is 4.90 Å². The number of halogens is 4. The molecule has 6 rings (SSSR count). The largest absolute Gasteiger partial charge is 0.416 e. The zero-order valence-corrected chi connectivity index (χ0v) is 19.2. The van der Waals surface area contributed by atoms with Crippen LogP contribution in [0.25, 0.3) is 0 Å². The van der Waals surface area contributed by atoms with Gasteiger partial charge in [0.2, 0.25) is 0 Å². The van der Waals surface area contributed by atoms with Gasteiger partial charge in [0.05, 0.1) is 5.56 Å². The Kier molecular flexibility index (Phi) is 5.50. The van der Waals surface area contributed by atoms with Gasteiger partial charge in [0.25, 0.3) is 0 Å². The van der Waals surface area contributed by atoms with E-state index in [0.29, 0.717) is 23.9 Å². The fourth-order valence-electron chi connectivity index (χ4n) is 6.33. The molecule has 0 N–H and O–H groups in total. The molecule has 4 nitrogen and oxygen atoms in total. The maximum Gasteiger partial charge on any atom is 0.416 e. The molecule has 2 aliphatic heterocycles. The van der Waals surface area contributed by atoms with Crippen molar-refractivity contribution in [2.24, 2.45) is 17.3 Å². The van der Waals surface area contributed by atoms with Gasteiger partial charge in [-0.1, -0.05) is 25.5 Å². The summed E-state index contributed by atoms with van der Waals surface area (Å²) in [4.78, 5) is 18.5. The Morgan fingerprint density at radius 2 is 1.79 bits per heavy atom. The van der Waals surface area contributed by atoms with Crippen LogP contribution in [0.5, 0.6) is 0 Å². The third-order valence-electron chi connectivity index (χ3n) is 8.55. The number of hydrogen-bond donors (Lipinski definition) is 0. The highest BCUT2D eigenvalue weighted by Crippen LogP contribution is 2.59. The summed E-state index contributed by atoms with van der Waals surface area (Å²) in [5.74, 6) is 0.527. The van der Waals surface area contributed by atoms with Gasteiger partial charge in [0.15, 0.2) is 0 Å². The lowest BCUT2D eigenvalue weighted by atomic mass is 9.49. The molecule has 1 saturated carbocycles. The molecule has 0 aromatic heterocycles. The maximum absolute atomic E-state index is 13.8. The van der Waals surface area contributed by atoms with Crippen molar-refractivity contribution in [1.82, 2.24) is 9.80 Å². The van der Waals surface area contributed by atoms with Crippen LogP contribution in [0.3, 0.4) is 0 Å². The van der Waals surface area contributed by atoms with Gasteiger partial charge in [-0.3, -0.25) is 9.80 Å². The predicted molar refractivity (Wildman–Crippen MR) is 118 cm³/mol. The van der Waals surface area contributed by atoms with Crippen LogP contribution in [0.4, 0.5) is 28.0 Å². The van der Waals surface area contributed by atoms with E-state index >= 15 is 0 Å². The molecular weight excluding hydrogens is 434 g/mol. The number of hydrogen-bond acceptors (Lipinski definition) is 2. The first kappa shape index (κ1) is 22.7. The molecule has 0 unspecified atom stereocenters. The Morgan fingerprint density at radius 1 is 1.06 bits per heavy atom. The minimum atomic E-state index is -4.66. The first-order valence-electron chi connectivity index (χ1n) is 11.9. The Labute approximate surface area is 192 Å². The Morgan fingerprint density at radius 3 is 2.42 bits per heavy atom. The van der Waals surface area contributed by atoms with Crippen molar-refractivity contribution in [2.75, 3.05) is 37.6 Å². The fourth-order valence-corrected chi connectivity index (χ4v) is 6.33. The number of amides is 2. The van der Waals surface area contributed by atoms with Crippen molar-refractivity contribution in [3.8, 4) is 0 Å². The standard InChI is InChI=1S/C25H31F4N3O/c1-24(2)17-4-3-16(22(24)13-17)15-30-7-5-20(6-8-30)31-9-10-32(23(31)33)21-12-18(25(27,28)29)11-19(26)14-21/h3,11-12,14,17,20,22H,4-10,13,15H2,1-2H3/t17-,22-/m0/s1. The van der Waals surface area contributed by atoms with Crippen LogP contribution >= 0.6 is 0 Å². The number of allylic oxidation sites excluding steroid dienone is 1. The van der Waals surface area contributed by atoms with Gasteiger partial charge >= 0.3 is 12.2 Å². The molecular formula is C25H31F4N3O. The van der Waals surface area contributed by atoms with Crippen LogP contribution in [-0.2, 0) is 6.18 Å². The number of alkyl halides is 3. The molecule has 2 atom stereocenters. The van der Waals surface area contributed by atoms with E-state index in [4.69, 9.17) is 0 Å². The second-order valence-electron chi connectivity index (χ2n) is 10.7. The van der Waals surface area contributed by atoms with Crippen LogP contribution in [-0.4, -0.2) is 54.6 Å². The summed E-state index contributed by atoms with van der Waals surface area (Å²) in [5, 5.41) is 0. The van der Waals surface area contributed by atoms with E-state index in [9.17, 15) is 22.4 Å². The number of piperidine rings is 1. The number of rotatable bonds is 4. The molecule has 3 aliphatic carbocycles. The molecule has 2 heterocycles. The average molecular weight is 466 g/mol. The van der Waals surface area contributed by atoms with Crippen molar-refractivity contribution < 1.29 is 22.4 Å². The highest BCUT2D eigenvalue weighted by Gasteiger charge is 2.51. The van der Waals surface area contributed by atoms with Crippen molar-refractivity contribution in [1.29, 1.82) is 0 Å². The van der Waals surface area contributed by atoms with E-state index in [0.717, 1.165) is 50.5 Å². The number of likely N-dealkylation sites (tertiary alicyclic amines) is 1. The van der Waals surface area contributed by atoms with Crippen molar-refractivity contribution in [3.63, 3.8) is 0 Å². The average Bonchev–Trinajstić information content (AvgIpc) is 3.14. The van der Waals surface area contributed by atoms with Crippen LogP contribution in [0.2, 0.25) is 0 Å². The molecule has 2 amide bonds. The zero-order chi connectivity index (χ0) is 23.5. The quantitative estimate of drug-likeness (QED) is 0.431. The van der Waals surface area contributed by atoms with E-state index in [-0.39, 0.29) is 24.3 Å². The van der Waals surface area contributed by atoms with Gasteiger partial charge in [-0.25, -0.2) is 9.18 Å². The molecule has 1 aromatic carbocycles. The molecule has 5 aliphatic rings. The Balaban J connectivity index is 1.19. The summed E-state index contributed by atoms with van der Waals surface area (Å²) < 4.78 is 53.1. The summed E-state index contributed by atoms with van der Waals surface area (Å²) in [6.07, 6.45) is 1.97. The molecule has 180 valence electrons. The first-order chi connectivity index (χ1) is 15.5. The van der Waals surface area contributed by atoms with E-state index in [1.807, 2.05) is 0 Å². The number of urea groups is 1. The van der Waals surface area contributed by atoms with E-state index in [1.54, 1.807) is 10.5 Å². The predicted octanol–water partition coefficient (Wildman–Crippen LogP) is 5.54. The molecule has 8 heteroatoms. The highest BCUT2D eigenvalue weighted by molar-refractivity contribution is 5.94. The van der Waals surface area contributed by atoms with Crippen molar-refractivity contribution in [2.45, 2.75) is 51.7 Å². The van der Waals surface area contributed by atoms with E-state index < -0.39 is 17.6 Å². The first-order valence-corrected chi connectivity index (χ1v) is 11.9. The molecule has 33 heavy (non-hydrogen) atoms. The summed E-state index contributed by atoms with van der Waals surface area (Å²) in [6, 6.07) is 2.06. The molecule has 2 saturated heterocycles. The maximum atomic E-state index is 13.8. The number of benzene rings is 1. The Bertz CT molecular complexity index is 965. The zero-order valence-electron chi connectivity index (χ0n) is 19.2. The van der Waals surface area contributed by atoms with Gasteiger partial charge in [-0.2, -0.15) is 13.2 Å². The molecule has 2 bridgehead atoms. The monoisotopic (exact) mass is 465 g/mol. The third kappa shape index (κ3) is 4.04. The fraction of sp³-hybridized carbons (Fsp3) is 0.640. The van der Waals surface area contributed by atoms with Crippen molar-refractivity contribution >= 4 is 11.7 Å². The van der Waals surface area contributed by atoms with Gasteiger partial charge < -0.3 is 4.90 Å². The summed E-state index contributed by atoms with van der Waals surface area (Å²) in [5.41, 5.74) is 0.875. The van der Waals surface area contributed by atoms with Gasteiger partial charge in [-0.15, -0.1) is 0 Å². The van der Waals surface area contributed by atoms with Gasteiger partial charge in [0.1, 0.15) is 5.82 Å². The SMILES string of the molecule is CC1(C)[C@H]2CC=C(CN3CCC(N4CCN(c5cc(F)cc(C(F)(F)F)c5)C4=O)CC3)[C@@H]1C2. The molecule has 0 spiro atoms. The number of anilines is 1. The van der Waals surface area contributed by atoms with Crippen LogP contribution in [0, 0.1) is 23.1 Å². The normalized spacial score (nSPS) is 28.2. The van der Waals surface area contributed by atoms with Gasteiger partial charge in [0, 0.05) is 44.5 Å². The lowest BCUT2D eigenvalue weighted by Crippen LogP contribution is -2.51. The number of carbonyl (C=O) groups is 1. The lowest BCUT2D eigenvalue weighted by molar-refractivity contribution is -0.137. The van der Waals surface area contributed by atoms with Crippen LogP contribution in [0.1, 0.15) is 45.1 Å². The van der Waals surface area contributed by atoms with Gasteiger partial charge in [-0.05, 0) is 61.1 Å². The van der Waals surface area contributed by atoms with Crippen LogP contribution in [0.15, 0.2) is 29.8 Å². The van der Waals surface area contributed by atoms with E-state index in [1.165, 1.54) is 17.7 Å². The minimum Gasteiger partial charge on any atom is -0.319 e. The molecule has 1 aromatic rings. The molecule has 3 fully saturated rings. The summed E-state index contributed by atoms with van der Waals surface area (Å²) in [6.45, 7) is 8.28. The number of fused-ring (bicyclic) bond motifs is 1. The molecule has 0 radical (unpaired) electrons. The van der Waals surface area contributed by atoms with Crippen molar-refractivity contribution in [3.05, 3.63) is 41.2 Å². The van der Waals surface area contributed by atoms with E-state index in [2.05, 4.69) is 24.8 Å². The topological polar surface area (TPSA) is 26.8 Å². The number of nitrogens with zero attached hydrogens (tertiary/aromatic N) is 3. The summed E-state index contributed by atoms with van der Waals surface area (Å²) in [7, 11) is 0. The lowest BCUT2D eigenvalue weighted by Gasteiger charge is -2.57. The highest BCUT2D eigenvalue weighted by atomic mass is 19.4. The third-order valence-corrected chi connectivity index (χ3v) is 8.55. The smallest absolute Gasteiger partial charge is 0.319 e. The Hall–Kier alpha value is -2.09.